The first-order valence-corrected chi connectivity index (χ1v) is 8.39. The molecular weight excluding hydrogens is 294 g/mol. The maximum Gasteiger partial charge on any atom is 0.195 e. The number of nitrogens with one attached hydrogen (secondary N) is 1. The zero-order valence-electron chi connectivity index (χ0n) is 11.8. The zero-order valence-corrected chi connectivity index (χ0v) is 13.5. The third-order valence-electron chi connectivity index (χ3n) is 2.88. The molecule has 0 aliphatic carbocycles. The first-order valence-electron chi connectivity index (χ1n) is 6.09. The van der Waals surface area contributed by atoms with Gasteiger partial charge in [0.25, 0.3) is 0 Å². The minimum atomic E-state index is -3.19. The fourth-order valence-corrected chi connectivity index (χ4v) is 3.00. The average Bonchev–Trinajstić information content (AvgIpc) is 2.70. The van der Waals surface area contributed by atoms with Crippen molar-refractivity contribution in [3.8, 4) is 11.4 Å². The molecule has 0 amide bonds. The molecule has 108 valence electrons. The summed E-state index contributed by atoms with van der Waals surface area (Å²) in [5.74, 6) is 0.697. The monoisotopic (exact) mass is 311 g/mol. The molecule has 0 radical (unpaired) electrons. The van der Waals surface area contributed by atoms with Crippen LogP contribution in [-0.2, 0) is 15.4 Å². The summed E-state index contributed by atoms with van der Waals surface area (Å²) in [4.78, 5) is 0.290. The van der Waals surface area contributed by atoms with E-state index >= 15 is 0 Å². The lowest BCUT2D eigenvalue weighted by atomic mass is 10.1. The van der Waals surface area contributed by atoms with Crippen LogP contribution in [0.3, 0.4) is 0 Å². The molecule has 0 atom stereocenters. The van der Waals surface area contributed by atoms with Gasteiger partial charge in [-0.1, -0.05) is 0 Å². The highest BCUT2D eigenvalue weighted by atomic mass is 32.2. The third-order valence-corrected chi connectivity index (χ3v) is 4.29. The Morgan fingerprint density at radius 1 is 1.20 bits per heavy atom. The Morgan fingerprint density at radius 3 is 2.20 bits per heavy atom. The zero-order chi connectivity index (χ0) is 15.1. The lowest BCUT2D eigenvalue weighted by Gasteiger charge is -2.22. The normalized spacial score (nSPS) is 12.6. The van der Waals surface area contributed by atoms with Gasteiger partial charge in [-0.25, -0.2) is 8.42 Å². The number of nitrogens with zero attached hydrogens (tertiary/aromatic N) is 2. The number of hydrogen-bond acceptors (Lipinski definition) is 4. The molecule has 1 aromatic carbocycles. The minimum Gasteiger partial charge on any atom is -0.295 e. The van der Waals surface area contributed by atoms with Crippen molar-refractivity contribution in [1.29, 1.82) is 0 Å². The second kappa shape index (κ2) is 4.82. The van der Waals surface area contributed by atoms with Crippen molar-refractivity contribution in [3.05, 3.63) is 29.0 Å². The number of aromatic amines is 1. The van der Waals surface area contributed by atoms with E-state index in [-0.39, 0.29) is 10.4 Å². The summed E-state index contributed by atoms with van der Waals surface area (Å²) in [6, 6.07) is 6.64. The number of aromatic nitrogens is 3. The van der Waals surface area contributed by atoms with E-state index in [9.17, 15) is 8.42 Å². The first kappa shape index (κ1) is 14.9. The fraction of sp³-hybridized carbons (Fsp3) is 0.385. The van der Waals surface area contributed by atoms with Gasteiger partial charge in [0.15, 0.2) is 20.4 Å². The molecule has 1 N–H and O–H groups in total. The van der Waals surface area contributed by atoms with Crippen molar-refractivity contribution in [2.24, 2.45) is 0 Å². The van der Waals surface area contributed by atoms with Crippen molar-refractivity contribution >= 4 is 22.1 Å². The Kier molecular flexibility index (Phi) is 3.60. The Labute approximate surface area is 123 Å². The molecule has 0 spiro atoms. The topological polar surface area (TPSA) is 67.8 Å². The lowest BCUT2D eigenvalue weighted by Crippen LogP contribution is -2.22. The molecule has 7 heteroatoms. The third kappa shape index (κ3) is 2.83. The molecule has 2 rings (SSSR count). The van der Waals surface area contributed by atoms with Crippen LogP contribution in [0, 0.1) is 4.77 Å². The quantitative estimate of drug-likeness (QED) is 0.866. The van der Waals surface area contributed by atoms with E-state index in [0.717, 1.165) is 5.56 Å². The molecule has 0 saturated heterocycles. The maximum atomic E-state index is 11.5. The lowest BCUT2D eigenvalue weighted by molar-refractivity contribution is 0.395. The van der Waals surface area contributed by atoms with E-state index in [4.69, 9.17) is 12.2 Å². The van der Waals surface area contributed by atoms with E-state index in [1.165, 1.54) is 6.26 Å². The first-order chi connectivity index (χ1) is 9.10. The summed E-state index contributed by atoms with van der Waals surface area (Å²) >= 11 is 5.26. The second-order valence-corrected chi connectivity index (χ2v) is 8.06. The molecule has 1 aromatic heterocycles. The Morgan fingerprint density at radius 2 is 1.75 bits per heavy atom. The summed E-state index contributed by atoms with van der Waals surface area (Å²) in [5, 5.41) is 7.03. The van der Waals surface area contributed by atoms with E-state index in [0.29, 0.717) is 10.6 Å². The van der Waals surface area contributed by atoms with Crippen molar-refractivity contribution in [1.82, 2.24) is 14.8 Å². The maximum absolute atomic E-state index is 11.5. The number of sulfone groups is 1. The van der Waals surface area contributed by atoms with Gasteiger partial charge >= 0.3 is 0 Å². The van der Waals surface area contributed by atoms with Crippen LogP contribution in [0.1, 0.15) is 20.8 Å². The number of hydrogen-bond donors (Lipinski definition) is 1. The van der Waals surface area contributed by atoms with Gasteiger partial charge in [0, 0.05) is 17.4 Å². The van der Waals surface area contributed by atoms with Gasteiger partial charge in [0.1, 0.15) is 0 Å². The number of H-pyrrole nitrogens is 1. The number of rotatable bonds is 2. The number of benzene rings is 1. The van der Waals surface area contributed by atoms with Gasteiger partial charge < -0.3 is 0 Å². The Balaban J connectivity index is 2.57. The summed E-state index contributed by atoms with van der Waals surface area (Å²) < 4.78 is 25.4. The molecule has 5 nitrogen and oxygen atoms in total. The van der Waals surface area contributed by atoms with Crippen LogP contribution < -0.4 is 0 Å². The smallest absolute Gasteiger partial charge is 0.195 e. The van der Waals surface area contributed by atoms with Crippen molar-refractivity contribution in [2.45, 2.75) is 31.2 Å². The van der Waals surface area contributed by atoms with E-state index < -0.39 is 9.84 Å². The summed E-state index contributed by atoms with van der Waals surface area (Å²) in [5.41, 5.74) is 0.606. The average molecular weight is 311 g/mol. The Hall–Kier alpha value is -1.47. The van der Waals surface area contributed by atoms with Crippen LogP contribution >= 0.6 is 12.2 Å². The predicted molar refractivity (Wildman–Crippen MR) is 81.0 cm³/mol. The van der Waals surface area contributed by atoms with Crippen LogP contribution in [-0.4, -0.2) is 29.4 Å². The summed E-state index contributed by atoms with van der Waals surface area (Å²) in [6.45, 7) is 6.10. The second-order valence-electron chi connectivity index (χ2n) is 5.66. The van der Waals surface area contributed by atoms with Gasteiger partial charge in [-0.2, -0.15) is 5.10 Å². The van der Waals surface area contributed by atoms with Crippen LogP contribution in [0.2, 0.25) is 0 Å². The van der Waals surface area contributed by atoms with Crippen molar-refractivity contribution in [2.75, 3.05) is 6.26 Å². The predicted octanol–water partition coefficient (Wildman–Crippen LogP) is 2.77. The molecule has 0 saturated carbocycles. The van der Waals surface area contributed by atoms with Crippen LogP contribution in [0.5, 0.6) is 0 Å². The van der Waals surface area contributed by atoms with Gasteiger partial charge in [0.2, 0.25) is 0 Å². The standard InChI is InChI=1S/C13H17N3O2S2/c1-13(2,3)16-11(14-15-12(16)19)9-5-7-10(8-6-9)20(4,17)18/h5-8H,1-4H3,(H,15,19). The molecule has 0 unspecified atom stereocenters. The molecule has 1 heterocycles. The van der Waals surface area contributed by atoms with Crippen LogP contribution in [0.4, 0.5) is 0 Å². The van der Waals surface area contributed by atoms with E-state index in [1.807, 2.05) is 25.3 Å². The highest BCUT2D eigenvalue weighted by Crippen LogP contribution is 2.25. The van der Waals surface area contributed by atoms with Crippen LogP contribution in [0.25, 0.3) is 11.4 Å². The molecule has 0 bridgehead atoms. The largest absolute Gasteiger partial charge is 0.295 e. The highest BCUT2D eigenvalue weighted by Gasteiger charge is 2.20. The van der Waals surface area contributed by atoms with Gasteiger partial charge in [0.05, 0.1) is 4.90 Å². The minimum absolute atomic E-state index is 0.213. The fourth-order valence-electron chi connectivity index (χ4n) is 1.96. The molecule has 2 aromatic rings. The highest BCUT2D eigenvalue weighted by molar-refractivity contribution is 7.90. The molecule has 0 aliphatic heterocycles. The summed E-state index contributed by atoms with van der Waals surface area (Å²) in [7, 11) is -3.19. The molecule has 0 aliphatic rings. The van der Waals surface area contributed by atoms with Crippen molar-refractivity contribution in [3.63, 3.8) is 0 Å². The van der Waals surface area contributed by atoms with Gasteiger partial charge in [-0.3, -0.25) is 9.67 Å². The van der Waals surface area contributed by atoms with Crippen molar-refractivity contribution < 1.29 is 8.42 Å². The van der Waals surface area contributed by atoms with E-state index in [2.05, 4.69) is 10.2 Å². The van der Waals surface area contributed by atoms with E-state index in [1.54, 1.807) is 24.3 Å². The SMILES string of the molecule is CC(C)(C)n1c(-c2ccc(S(C)(=O)=O)cc2)n[nH]c1=S. The Bertz CT molecular complexity index is 778. The molecular formula is C13H17N3O2S2. The van der Waals surface area contributed by atoms with Gasteiger partial charge in [-0.15, -0.1) is 0 Å². The molecule has 20 heavy (non-hydrogen) atoms. The van der Waals surface area contributed by atoms with Gasteiger partial charge in [-0.05, 0) is 57.3 Å². The summed E-state index contributed by atoms with van der Waals surface area (Å²) in [6.07, 6.45) is 1.19. The van der Waals surface area contributed by atoms with Crippen LogP contribution in [0.15, 0.2) is 29.2 Å². The molecule has 0 fully saturated rings.